The molecule has 9 heteroatoms. The molecule has 0 aliphatic heterocycles. The Morgan fingerprint density at radius 3 is 2.12 bits per heavy atom. The first-order chi connectivity index (χ1) is 20.6. The first kappa shape index (κ1) is 31.4. The monoisotopic (exact) mass is 601 g/mol. The highest BCUT2D eigenvalue weighted by molar-refractivity contribution is 7.92. The molecule has 0 unspecified atom stereocenters. The maximum absolute atomic E-state index is 14.3. The molecule has 0 aromatic heterocycles. The Hall–Kier alpha value is -4.50. The minimum atomic E-state index is -4.17. The minimum absolute atomic E-state index is 0.0278. The fourth-order valence-corrected chi connectivity index (χ4v) is 6.19. The molecule has 1 atom stereocenters. The number of halogens is 1. The van der Waals surface area contributed by atoms with E-state index in [0.29, 0.717) is 17.8 Å². The second kappa shape index (κ2) is 14.1. The van der Waals surface area contributed by atoms with E-state index in [4.69, 9.17) is 0 Å². The van der Waals surface area contributed by atoms with E-state index in [-0.39, 0.29) is 23.8 Å². The van der Waals surface area contributed by atoms with Crippen molar-refractivity contribution in [2.24, 2.45) is 0 Å². The third kappa shape index (κ3) is 8.08. The maximum atomic E-state index is 14.3. The molecule has 7 nitrogen and oxygen atoms in total. The van der Waals surface area contributed by atoms with Crippen LogP contribution in [0.3, 0.4) is 0 Å². The van der Waals surface area contributed by atoms with Crippen LogP contribution in [0.4, 0.5) is 10.1 Å². The second-order valence-corrected chi connectivity index (χ2v) is 12.3. The van der Waals surface area contributed by atoms with E-state index < -0.39 is 34.3 Å². The summed E-state index contributed by atoms with van der Waals surface area (Å²) in [5.41, 5.74) is 3.47. The first-order valence-corrected chi connectivity index (χ1v) is 15.5. The zero-order valence-corrected chi connectivity index (χ0v) is 25.4. The number of nitrogens with one attached hydrogen (secondary N) is 1. The van der Waals surface area contributed by atoms with Crippen LogP contribution >= 0.6 is 0 Å². The maximum Gasteiger partial charge on any atom is 0.264 e. The van der Waals surface area contributed by atoms with Crippen LogP contribution in [-0.4, -0.2) is 44.3 Å². The number of nitrogens with zero attached hydrogens (tertiary/aromatic N) is 2. The van der Waals surface area contributed by atoms with Crippen LogP contribution in [-0.2, 0) is 32.6 Å². The molecule has 224 valence electrons. The number of sulfonamides is 1. The van der Waals surface area contributed by atoms with Crippen molar-refractivity contribution in [2.75, 3.05) is 17.4 Å². The Bertz CT molecular complexity index is 1640. The van der Waals surface area contributed by atoms with Crippen molar-refractivity contribution >= 4 is 27.5 Å². The summed E-state index contributed by atoms with van der Waals surface area (Å²) in [4.78, 5) is 29.2. The van der Waals surface area contributed by atoms with Crippen LogP contribution in [0.25, 0.3) is 0 Å². The fraction of sp³-hybridized carbons (Fsp3) is 0.235. The Balaban J connectivity index is 1.79. The zero-order chi connectivity index (χ0) is 31.0. The molecule has 0 radical (unpaired) electrons. The lowest BCUT2D eigenvalue weighted by atomic mass is 10.0. The molecule has 0 spiro atoms. The number of aryl methyl sites for hydroxylation is 2. The molecule has 4 rings (SSSR count). The lowest BCUT2D eigenvalue weighted by molar-refractivity contribution is -0.140. The van der Waals surface area contributed by atoms with Gasteiger partial charge in [0.25, 0.3) is 10.0 Å². The number of benzene rings is 4. The fourth-order valence-electron chi connectivity index (χ4n) is 4.78. The molecule has 43 heavy (non-hydrogen) atoms. The van der Waals surface area contributed by atoms with Gasteiger partial charge in [-0.05, 0) is 73.9 Å². The minimum Gasteiger partial charge on any atom is -0.355 e. The van der Waals surface area contributed by atoms with Gasteiger partial charge in [-0.25, -0.2) is 12.8 Å². The van der Waals surface area contributed by atoms with Gasteiger partial charge in [0.05, 0.1) is 10.6 Å². The van der Waals surface area contributed by atoms with Crippen molar-refractivity contribution in [3.8, 4) is 0 Å². The number of amides is 2. The predicted octanol–water partition coefficient (Wildman–Crippen LogP) is 5.41. The highest BCUT2D eigenvalue weighted by Gasteiger charge is 2.34. The molecule has 0 saturated carbocycles. The molecule has 0 aliphatic rings. The van der Waals surface area contributed by atoms with E-state index in [0.717, 1.165) is 21.0 Å². The lowest BCUT2D eigenvalue weighted by Crippen LogP contribution is -2.53. The highest BCUT2D eigenvalue weighted by Crippen LogP contribution is 2.26. The number of carbonyl (C=O) groups is 2. The average molecular weight is 602 g/mol. The summed E-state index contributed by atoms with van der Waals surface area (Å²) in [6, 6.07) is 27.4. The summed E-state index contributed by atoms with van der Waals surface area (Å²) in [5, 5.41) is 2.83. The SMILES string of the molecule is CCNC(=O)[C@H](Cc1ccccc1)N(Cc1ccc(F)cc1)C(=O)CN(c1cccc(C)c1)S(=O)(=O)c1ccc(C)cc1. The van der Waals surface area contributed by atoms with Crippen molar-refractivity contribution < 1.29 is 22.4 Å². The van der Waals surface area contributed by atoms with Crippen LogP contribution in [0.5, 0.6) is 0 Å². The van der Waals surface area contributed by atoms with Crippen LogP contribution in [0.1, 0.15) is 29.2 Å². The van der Waals surface area contributed by atoms with Gasteiger partial charge in [0, 0.05) is 19.5 Å². The summed E-state index contributed by atoms with van der Waals surface area (Å²) in [7, 11) is -4.17. The number of anilines is 1. The van der Waals surface area contributed by atoms with E-state index in [1.54, 1.807) is 49.4 Å². The largest absolute Gasteiger partial charge is 0.355 e. The lowest BCUT2D eigenvalue weighted by Gasteiger charge is -2.34. The van der Waals surface area contributed by atoms with E-state index >= 15 is 0 Å². The Morgan fingerprint density at radius 1 is 0.814 bits per heavy atom. The van der Waals surface area contributed by atoms with E-state index in [1.807, 2.05) is 50.2 Å². The van der Waals surface area contributed by atoms with Crippen molar-refractivity contribution in [1.29, 1.82) is 0 Å². The standard InChI is InChI=1S/C34H36FN3O4S/c1-4-36-34(40)32(22-27-10-6-5-7-11-27)37(23-28-15-17-29(35)18-16-28)33(39)24-38(30-12-8-9-26(3)21-30)43(41,42)31-19-13-25(2)14-20-31/h5-21,32H,4,22-24H2,1-3H3,(H,36,40)/t32-/m0/s1. The third-order valence-electron chi connectivity index (χ3n) is 7.07. The second-order valence-electron chi connectivity index (χ2n) is 10.4. The van der Waals surface area contributed by atoms with Crippen molar-refractivity contribution in [3.05, 3.63) is 131 Å². The van der Waals surface area contributed by atoms with Gasteiger partial charge in [0.1, 0.15) is 18.4 Å². The molecule has 1 N–H and O–H groups in total. The highest BCUT2D eigenvalue weighted by atomic mass is 32.2. The molecule has 4 aromatic rings. The van der Waals surface area contributed by atoms with Crippen LogP contribution in [0.15, 0.2) is 108 Å². The number of hydrogen-bond acceptors (Lipinski definition) is 4. The number of likely N-dealkylation sites (N-methyl/N-ethyl adjacent to an activating group) is 1. The van der Waals surface area contributed by atoms with Gasteiger partial charge in [-0.1, -0.05) is 72.3 Å². The normalized spacial score (nSPS) is 11.9. The van der Waals surface area contributed by atoms with Gasteiger partial charge in [-0.2, -0.15) is 0 Å². The summed E-state index contributed by atoms with van der Waals surface area (Å²) in [6.07, 6.45) is 0.203. The van der Waals surface area contributed by atoms with Crippen molar-refractivity contribution in [3.63, 3.8) is 0 Å². The van der Waals surface area contributed by atoms with E-state index in [1.165, 1.54) is 29.2 Å². The van der Waals surface area contributed by atoms with E-state index in [2.05, 4.69) is 5.32 Å². The number of hydrogen-bond donors (Lipinski definition) is 1. The number of carbonyl (C=O) groups excluding carboxylic acids is 2. The van der Waals surface area contributed by atoms with Crippen molar-refractivity contribution in [2.45, 2.75) is 44.7 Å². The summed E-state index contributed by atoms with van der Waals surface area (Å²) in [6.45, 7) is 5.26. The van der Waals surface area contributed by atoms with E-state index in [9.17, 15) is 22.4 Å². The van der Waals surface area contributed by atoms with Gasteiger partial charge in [-0.15, -0.1) is 0 Å². The Labute approximate surface area is 253 Å². The third-order valence-corrected chi connectivity index (χ3v) is 8.85. The zero-order valence-electron chi connectivity index (χ0n) is 24.5. The smallest absolute Gasteiger partial charge is 0.264 e. The topological polar surface area (TPSA) is 86.8 Å². The summed E-state index contributed by atoms with van der Waals surface area (Å²) in [5.74, 6) is -1.37. The van der Waals surface area contributed by atoms with Gasteiger partial charge in [0.15, 0.2) is 0 Å². The molecule has 0 heterocycles. The average Bonchev–Trinajstić information content (AvgIpc) is 2.99. The molecule has 0 saturated heterocycles. The molecule has 0 fully saturated rings. The van der Waals surface area contributed by atoms with Gasteiger partial charge in [-0.3, -0.25) is 13.9 Å². The summed E-state index contributed by atoms with van der Waals surface area (Å²) < 4.78 is 42.9. The van der Waals surface area contributed by atoms with Crippen LogP contribution in [0.2, 0.25) is 0 Å². The Kier molecular flexibility index (Phi) is 10.3. The molecular formula is C34H36FN3O4S. The van der Waals surface area contributed by atoms with Gasteiger partial charge in [0.2, 0.25) is 11.8 Å². The molecular weight excluding hydrogens is 565 g/mol. The first-order valence-electron chi connectivity index (χ1n) is 14.1. The molecule has 4 aromatic carbocycles. The molecule has 2 amide bonds. The number of rotatable bonds is 12. The molecule has 0 bridgehead atoms. The van der Waals surface area contributed by atoms with Crippen molar-refractivity contribution in [1.82, 2.24) is 10.2 Å². The molecule has 0 aliphatic carbocycles. The quantitative estimate of drug-likeness (QED) is 0.235. The van der Waals surface area contributed by atoms with Crippen LogP contribution in [0, 0.1) is 19.7 Å². The Morgan fingerprint density at radius 2 is 1.49 bits per heavy atom. The van der Waals surface area contributed by atoms with Gasteiger partial charge >= 0.3 is 0 Å². The summed E-state index contributed by atoms with van der Waals surface area (Å²) >= 11 is 0. The predicted molar refractivity (Wildman–Crippen MR) is 166 cm³/mol. The van der Waals surface area contributed by atoms with Gasteiger partial charge < -0.3 is 10.2 Å². The van der Waals surface area contributed by atoms with Crippen LogP contribution < -0.4 is 9.62 Å².